The summed E-state index contributed by atoms with van der Waals surface area (Å²) in [4.78, 5) is 4.99. The minimum Gasteiger partial charge on any atom is -0.382 e. The number of nitrogens with zero attached hydrogens (tertiary/aromatic N) is 4. The van der Waals surface area contributed by atoms with Crippen LogP contribution in [0.3, 0.4) is 0 Å². The molecule has 0 unspecified atom stereocenters. The Morgan fingerprint density at radius 3 is 2.72 bits per heavy atom. The molecule has 1 aromatic heterocycles. The number of nitrogens with two attached hydrogens (primary N) is 1. The molecule has 5 nitrogen and oxygen atoms in total. The molecule has 0 amide bonds. The van der Waals surface area contributed by atoms with Gasteiger partial charge >= 0.3 is 0 Å². The maximum absolute atomic E-state index is 5.60. The average molecular weight is 251 g/mol. The summed E-state index contributed by atoms with van der Waals surface area (Å²) in [7, 11) is 2.21. The Morgan fingerprint density at radius 1 is 1.33 bits per heavy atom. The van der Waals surface area contributed by atoms with E-state index in [1.807, 2.05) is 16.9 Å². The summed E-state index contributed by atoms with van der Waals surface area (Å²) in [6.07, 6.45) is 3.07. The van der Waals surface area contributed by atoms with Crippen molar-refractivity contribution in [1.29, 1.82) is 0 Å². The van der Waals surface area contributed by atoms with E-state index in [9.17, 15) is 0 Å². The van der Waals surface area contributed by atoms with E-state index >= 15 is 0 Å². The Kier molecular flexibility index (Phi) is 3.92. The van der Waals surface area contributed by atoms with E-state index in [0.29, 0.717) is 5.82 Å². The predicted molar refractivity (Wildman–Crippen MR) is 74.4 cm³/mol. The first-order valence-corrected chi connectivity index (χ1v) is 6.70. The molecule has 0 aromatic carbocycles. The smallest absolute Gasteiger partial charge is 0.145 e. The van der Waals surface area contributed by atoms with Crippen molar-refractivity contribution >= 4 is 5.82 Å². The van der Waals surface area contributed by atoms with Crippen LogP contribution in [0.5, 0.6) is 0 Å². The third-order valence-electron chi connectivity index (χ3n) is 3.92. The highest BCUT2D eigenvalue weighted by atomic mass is 15.3. The van der Waals surface area contributed by atoms with Gasteiger partial charge in [-0.3, -0.25) is 9.58 Å². The second kappa shape index (κ2) is 5.28. The zero-order valence-electron chi connectivity index (χ0n) is 11.8. The molecule has 18 heavy (non-hydrogen) atoms. The molecule has 102 valence electrons. The Morgan fingerprint density at radius 2 is 2.11 bits per heavy atom. The van der Waals surface area contributed by atoms with Crippen molar-refractivity contribution in [3.63, 3.8) is 0 Å². The molecule has 0 radical (unpaired) electrons. The second-order valence-corrected chi connectivity index (χ2v) is 5.87. The van der Waals surface area contributed by atoms with Crippen molar-refractivity contribution in [2.24, 2.45) is 0 Å². The molecule has 0 bridgehead atoms. The number of aromatic nitrogens is 2. The molecule has 1 aliphatic rings. The van der Waals surface area contributed by atoms with Gasteiger partial charge in [-0.05, 0) is 33.4 Å². The molecule has 1 fully saturated rings. The van der Waals surface area contributed by atoms with Crippen LogP contribution < -0.4 is 5.73 Å². The summed E-state index contributed by atoms with van der Waals surface area (Å²) in [5.41, 5.74) is 5.88. The van der Waals surface area contributed by atoms with Crippen molar-refractivity contribution in [2.75, 3.05) is 39.0 Å². The molecular weight excluding hydrogens is 226 g/mol. The largest absolute Gasteiger partial charge is 0.382 e. The number of hydrogen-bond acceptors (Lipinski definition) is 4. The molecule has 2 N–H and O–H groups in total. The highest BCUT2D eigenvalue weighted by molar-refractivity contribution is 5.23. The zero-order valence-corrected chi connectivity index (χ0v) is 11.8. The molecular formula is C13H25N5. The van der Waals surface area contributed by atoms with Crippen molar-refractivity contribution < 1.29 is 0 Å². The van der Waals surface area contributed by atoms with Crippen molar-refractivity contribution in [1.82, 2.24) is 19.6 Å². The number of likely N-dealkylation sites (N-methyl/N-ethyl adjacent to an activating group) is 1. The summed E-state index contributed by atoms with van der Waals surface area (Å²) in [5, 5.41) is 4.20. The van der Waals surface area contributed by atoms with E-state index in [0.717, 1.165) is 32.6 Å². The minimum absolute atomic E-state index is 0.286. The van der Waals surface area contributed by atoms with Gasteiger partial charge in [-0.15, -0.1) is 0 Å². The van der Waals surface area contributed by atoms with Gasteiger partial charge in [-0.25, -0.2) is 0 Å². The average Bonchev–Trinajstić information content (AvgIpc) is 2.69. The van der Waals surface area contributed by atoms with Gasteiger partial charge in [0.05, 0.1) is 0 Å². The maximum Gasteiger partial charge on any atom is 0.145 e. The highest BCUT2D eigenvalue weighted by Crippen LogP contribution is 2.18. The third-order valence-corrected chi connectivity index (χ3v) is 3.92. The van der Waals surface area contributed by atoms with Crippen molar-refractivity contribution in [3.05, 3.63) is 12.3 Å². The SMILES string of the molecule is CN1CCN(CCCn2ccc(N)n2)CC1(C)C. The number of aryl methyl sites for hydroxylation is 1. The quantitative estimate of drug-likeness (QED) is 0.863. The van der Waals surface area contributed by atoms with Crippen LogP contribution in [0, 0.1) is 0 Å². The van der Waals surface area contributed by atoms with E-state index in [-0.39, 0.29) is 5.54 Å². The van der Waals surface area contributed by atoms with Crippen LogP contribution in [-0.4, -0.2) is 58.3 Å². The minimum atomic E-state index is 0.286. The van der Waals surface area contributed by atoms with Crippen LogP contribution in [0.25, 0.3) is 0 Å². The lowest BCUT2D eigenvalue weighted by molar-refractivity contribution is 0.0389. The Hall–Kier alpha value is -1.07. The Labute approximate surface area is 110 Å². The van der Waals surface area contributed by atoms with Crippen LogP contribution in [0.2, 0.25) is 0 Å². The third kappa shape index (κ3) is 3.23. The first kappa shape index (κ1) is 13.4. The number of piperazine rings is 1. The summed E-state index contributed by atoms with van der Waals surface area (Å²) in [6, 6.07) is 1.85. The molecule has 1 saturated heterocycles. The Bertz CT molecular complexity index is 384. The lowest BCUT2D eigenvalue weighted by atomic mass is 10.00. The molecule has 0 atom stereocenters. The molecule has 0 aliphatic carbocycles. The molecule has 2 rings (SSSR count). The van der Waals surface area contributed by atoms with Gasteiger partial charge in [0.15, 0.2) is 0 Å². The van der Waals surface area contributed by atoms with Crippen LogP contribution in [0.1, 0.15) is 20.3 Å². The van der Waals surface area contributed by atoms with Crippen LogP contribution >= 0.6 is 0 Å². The molecule has 5 heteroatoms. The molecule has 2 heterocycles. The molecule has 1 aromatic rings. The van der Waals surface area contributed by atoms with Gasteiger partial charge in [-0.1, -0.05) is 0 Å². The lowest BCUT2D eigenvalue weighted by Gasteiger charge is -2.45. The Balaban J connectivity index is 1.74. The topological polar surface area (TPSA) is 50.3 Å². The van der Waals surface area contributed by atoms with Gasteiger partial charge in [-0.2, -0.15) is 5.10 Å². The number of nitrogen functional groups attached to an aromatic ring is 1. The molecule has 1 aliphatic heterocycles. The van der Waals surface area contributed by atoms with Crippen LogP contribution in [0.15, 0.2) is 12.3 Å². The maximum atomic E-state index is 5.60. The fraction of sp³-hybridized carbons (Fsp3) is 0.769. The van der Waals surface area contributed by atoms with E-state index in [2.05, 4.69) is 35.8 Å². The zero-order chi connectivity index (χ0) is 13.2. The van der Waals surface area contributed by atoms with Crippen LogP contribution in [0.4, 0.5) is 5.82 Å². The van der Waals surface area contributed by atoms with Gasteiger partial charge < -0.3 is 10.6 Å². The van der Waals surface area contributed by atoms with E-state index < -0.39 is 0 Å². The van der Waals surface area contributed by atoms with Gasteiger partial charge in [0.2, 0.25) is 0 Å². The number of anilines is 1. The molecule has 0 saturated carbocycles. The number of rotatable bonds is 4. The van der Waals surface area contributed by atoms with Crippen LogP contribution in [-0.2, 0) is 6.54 Å². The summed E-state index contributed by atoms with van der Waals surface area (Å²) in [6.45, 7) is 10.2. The monoisotopic (exact) mass is 251 g/mol. The van der Waals surface area contributed by atoms with Gasteiger partial charge in [0.1, 0.15) is 5.82 Å². The van der Waals surface area contributed by atoms with Gasteiger partial charge in [0.25, 0.3) is 0 Å². The standard InChI is InChI=1S/C13H25N5/c1-13(2)11-17(10-9-16(13)3)6-4-7-18-8-5-12(14)15-18/h5,8H,4,6-7,9-11H2,1-3H3,(H2,14,15). The first-order chi connectivity index (χ1) is 8.47. The summed E-state index contributed by atoms with van der Waals surface area (Å²) < 4.78 is 1.93. The summed E-state index contributed by atoms with van der Waals surface area (Å²) >= 11 is 0. The predicted octanol–water partition coefficient (Wildman–Crippen LogP) is 0.881. The summed E-state index contributed by atoms with van der Waals surface area (Å²) in [5.74, 6) is 0.607. The highest BCUT2D eigenvalue weighted by Gasteiger charge is 2.30. The van der Waals surface area contributed by atoms with Crippen molar-refractivity contribution in [2.45, 2.75) is 32.4 Å². The number of hydrogen-bond donors (Lipinski definition) is 1. The van der Waals surface area contributed by atoms with E-state index in [1.165, 1.54) is 6.54 Å². The fourth-order valence-corrected chi connectivity index (χ4v) is 2.49. The fourth-order valence-electron chi connectivity index (χ4n) is 2.49. The van der Waals surface area contributed by atoms with E-state index in [1.54, 1.807) is 0 Å². The first-order valence-electron chi connectivity index (χ1n) is 6.70. The lowest BCUT2D eigenvalue weighted by Crippen LogP contribution is -2.57. The van der Waals surface area contributed by atoms with E-state index in [4.69, 9.17) is 5.73 Å². The van der Waals surface area contributed by atoms with Crippen molar-refractivity contribution in [3.8, 4) is 0 Å². The normalized spacial score (nSPS) is 21.3. The second-order valence-electron chi connectivity index (χ2n) is 5.87. The molecule has 0 spiro atoms. The van der Waals surface area contributed by atoms with Gasteiger partial charge in [0, 0.05) is 44.5 Å².